The van der Waals surface area contributed by atoms with Crippen molar-refractivity contribution in [1.82, 2.24) is 20.0 Å². The van der Waals surface area contributed by atoms with Crippen LogP contribution in [0, 0.1) is 6.92 Å². The van der Waals surface area contributed by atoms with Gasteiger partial charge in [0.05, 0.1) is 11.4 Å². The van der Waals surface area contributed by atoms with Gasteiger partial charge in [-0.15, -0.1) is 10.2 Å². The highest BCUT2D eigenvalue weighted by molar-refractivity contribution is 7.94. The lowest BCUT2D eigenvalue weighted by Crippen LogP contribution is -2.16. The SMILES string of the molecule is CC(=O)Nc1nnc(S(=O)(=O)Nc2c(N)c(C)nn2C)s1. The molecule has 0 spiro atoms. The molecule has 0 fully saturated rings. The van der Waals surface area contributed by atoms with E-state index < -0.39 is 10.0 Å². The number of aromatic nitrogens is 4. The van der Waals surface area contributed by atoms with Crippen LogP contribution < -0.4 is 15.8 Å². The molecule has 0 saturated heterocycles. The first kappa shape index (κ1) is 15.2. The van der Waals surface area contributed by atoms with E-state index in [0.717, 1.165) is 11.3 Å². The molecule has 21 heavy (non-hydrogen) atoms. The number of aryl methyl sites for hydroxylation is 2. The molecule has 0 saturated carbocycles. The fourth-order valence-electron chi connectivity index (χ4n) is 1.49. The Hall–Kier alpha value is -2.21. The first-order chi connectivity index (χ1) is 9.70. The van der Waals surface area contributed by atoms with Gasteiger partial charge in [0.1, 0.15) is 0 Å². The number of carbonyl (C=O) groups excluding carboxylic acids is 1. The van der Waals surface area contributed by atoms with Crippen molar-refractivity contribution in [2.24, 2.45) is 7.05 Å². The number of anilines is 3. The predicted octanol–water partition coefficient (Wildman–Crippen LogP) is -0.0786. The highest BCUT2D eigenvalue weighted by atomic mass is 32.2. The lowest BCUT2D eigenvalue weighted by molar-refractivity contribution is -0.114. The molecule has 0 aliphatic rings. The van der Waals surface area contributed by atoms with Gasteiger partial charge in [-0.1, -0.05) is 11.3 Å². The lowest BCUT2D eigenvalue weighted by Gasteiger charge is -2.05. The Kier molecular flexibility index (Phi) is 3.82. The second-order valence-corrected chi connectivity index (χ2v) is 6.96. The van der Waals surface area contributed by atoms with E-state index >= 15 is 0 Å². The Balaban J connectivity index is 2.30. The summed E-state index contributed by atoms with van der Waals surface area (Å²) in [6.07, 6.45) is 0. The van der Waals surface area contributed by atoms with Gasteiger partial charge in [-0.2, -0.15) is 13.5 Å². The summed E-state index contributed by atoms with van der Waals surface area (Å²) in [4.78, 5) is 10.9. The van der Waals surface area contributed by atoms with E-state index in [9.17, 15) is 13.2 Å². The summed E-state index contributed by atoms with van der Waals surface area (Å²) in [5.41, 5.74) is 6.50. The van der Waals surface area contributed by atoms with Gasteiger partial charge in [-0.05, 0) is 6.92 Å². The molecule has 2 heterocycles. The molecule has 0 aliphatic carbocycles. The van der Waals surface area contributed by atoms with Crippen LogP contribution in [0.1, 0.15) is 12.6 Å². The van der Waals surface area contributed by atoms with Crippen LogP contribution in [0.25, 0.3) is 0 Å². The maximum Gasteiger partial charge on any atom is 0.292 e. The van der Waals surface area contributed by atoms with Gasteiger partial charge >= 0.3 is 0 Å². The number of nitrogen functional groups attached to an aromatic ring is 1. The van der Waals surface area contributed by atoms with Gasteiger partial charge in [0.15, 0.2) is 5.82 Å². The molecule has 0 radical (unpaired) electrons. The molecule has 114 valence electrons. The molecule has 2 aromatic heterocycles. The monoisotopic (exact) mass is 331 g/mol. The zero-order valence-corrected chi connectivity index (χ0v) is 13.0. The second-order valence-electron chi connectivity index (χ2n) is 4.13. The molecule has 4 N–H and O–H groups in total. The Morgan fingerprint density at radius 3 is 2.57 bits per heavy atom. The van der Waals surface area contributed by atoms with E-state index in [-0.39, 0.29) is 26.9 Å². The molecule has 0 atom stereocenters. The number of sulfonamides is 1. The van der Waals surface area contributed by atoms with Gasteiger partial charge < -0.3 is 11.1 Å². The van der Waals surface area contributed by atoms with Gasteiger partial charge in [0, 0.05) is 14.0 Å². The Labute approximate surface area is 124 Å². The molecule has 0 aromatic carbocycles. The number of hydrogen-bond acceptors (Lipinski definition) is 8. The quantitative estimate of drug-likeness (QED) is 0.664. The summed E-state index contributed by atoms with van der Waals surface area (Å²) in [5, 5.41) is 13.6. The minimum Gasteiger partial charge on any atom is -0.394 e. The lowest BCUT2D eigenvalue weighted by atomic mass is 10.4. The molecular formula is C9H13N7O3S2. The Morgan fingerprint density at radius 1 is 1.38 bits per heavy atom. The van der Waals surface area contributed by atoms with Crippen molar-refractivity contribution in [3.05, 3.63) is 5.69 Å². The molecule has 0 unspecified atom stereocenters. The number of hydrogen-bond donors (Lipinski definition) is 3. The van der Waals surface area contributed by atoms with Crippen LogP contribution in [0.5, 0.6) is 0 Å². The average Bonchev–Trinajstić information content (AvgIpc) is 2.90. The number of carbonyl (C=O) groups is 1. The maximum atomic E-state index is 12.2. The van der Waals surface area contributed by atoms with E-state index in [0.29, 0.717) is 5.69 Å². The molecule has 12 heteroatoms. The highest BCUT2D eigenvalue weighted by Gasteiger charge is 2.24. The van der Waals surface area contributed by atoms with Crippen LogP contribution in [0.4, 0.5) is 16.6 Å². The number of rotatable bonds is 4. The van der Waals surface area contributed by atoms with Crippen molar-refractivity contribution < 1.29 is 13.2 Å². The van der Waals surface area contributed by atoms with Gasteiger partial charge in [0.2, 0.25) is 11.0 Å². The molecule has 0 bridgehead atoms. The maximum absolute atomic E-state index is 12.2. The van der Waals surface area contributed by atoms with Gasteiger partial charge in [0.25, 0.3) is 14.4 Å². The number of nitrogens with one attached hydrogen (secondary N) is 2. The third-order valence-electron chi connectivity index (χ3n) is 2.42. The van der Waals surface area contributed by atoms with Crippen LogP contribution in [-0.2, 0) is 21.9 Å². The fraction of sp³-hybridized carbons (Fsp3) is 0.333. The fourth-order valence-corrected chi connectivity index (χ4v) is 3.54. The summed E-state index contributed by atoms with van der Waals surface area (Å²) >= 11 is 0.731. The van der Waals surface area contributed by atoms with E-state index in [1.54, 1.807) is 14.0 Å². The first-order valence-electron chi connectivity index (χ1n) is 5.63. The van der Waals surface area contributed by atoms with Crippen LogP contribution in [0.3, 0.4) is 0 Å². The van der Waals surface area contributed by atoms with Crippen molar-refractivity contribution in [2.45, 2.75) is 18.2 Å². The van der Waals surface area contributed by atoms with Gasteiger partial charge in [-0.25, -0.2) is 4.68 Å². The van der Waals surface area contributed by atoms with Crippen LogP contribution in [0.2, 0.25) is 0 Å². The average molecular weight is 331 g/mol. The van der Waals surface area contributed by atoms with E-state index in [2.05, 4.69) is 25.3 Å². The zero-order valence-electron chi connectivity index (χ0n) is 11.4. The summed E-state index contributed by atoms with van der Waals surface area (Å²) in [6, 6.07) is 0. The van der Waals surface area contributed by atoms with E-state index in [1.165, 1.54) is 11.6 Å². The summed E-state index contributed by atoms with van der Waals surface area (Å²) < 4.78 is 27.7. The van der Waals surface area contributed by atoms with Crippen molar-refractivity contribution in [3.8, 4) is 0 Å². The van der Waals surface area contributed by atoms with Crippen LogP contribution in [-0.4, -0.2) is 34.3 Å². The normalized spacial score (nSPS) is 11.4. The third-order valence-corrected chi connectivity index (χ3v) is 4.96. The Morgan fingerprint density at radius 2 is 2.05 bits per heavy atom. The molecule has 0 aliphatic heterocycles. The van der Waals surface area contributed by atoms with Gasteiger partial charge in [-0.3, -0.25) is 9.52 Å². The smallest absolute Gasteiger partial charge is 0.292 e. The molecule has 10 nitrogen and oxygen atoms in total. The second kappa shape index (κ2) is 5.29. The Bertz CT molecular complexity index is 792. The first-order valence-corrected chi connectivity index (χ1v) is 7.93. The largest absolute Gasteiger partial charge is 0.394 e. The number of nitrogens with two attached hydrogens (primary N) is 1. The minimum absolute atomic E-state index is 0.0945. The molecule has 1 amide bonds. The summed E-state index contributed by atoms with van der Waals surface area (Å²) in [5.74, 6) is -0.224. The number of amides is 1. The van der Waals surface area contributed by atoms with Crippen molar-refractivity contribution >= 4 is 43.9 Å². The third kappa shape index (κ3) is 3.11. The van der Waals surface area contributed by atoms with Crippen LogP contribution in [0.15, 0.2) is 4.34 Å². The summed E-state index contributed by atoms with van der Waals surface area (Å²) in [7, 11) is -2.40. The van der Waals surface area contributed by atoms with E-state index in [1.807, 2.05) is 0 Å². The zero-order chi connectivity index (χ0) is 15.8. The molecular weight excluding hydrogens is 318 g/mol. The van der Waals surface area contributed by atoms with Crippen molar-refractivity contribution in [1.29, 1.82) is 0 Å². The molecule has 2 rings (SSSR count). The standard InChI is InChI=1S/C9H13N7O3S2/c1-4-6(10)7(16(3)14-4)15-21(18,19)9-13-12-8(20-9)11-5(2)17/h15H,10H2,1-3H3,(H,11,12,17). The van der Waals surface area contributed by atoms with Crippen LogP contribution >= 0.6 is 11.3 Å². The van der Waals surface area contributed by atoms with Crippen molar-refractivity contribution in [3.63, 3.8) is 0 Å². The number of nitrogens with zero attached hydrogens (tertiary/aromatic N) is 4. The summed E-state index contributed by atoms with van der Waals surface area (Å²) in [6.45, 7) is 2.94. The minimum atomic E-state index is -3.96. The molecule has 2 aromatic rings. The van der Waals surface area contributed by atoms with E-state index in [4.69, 9.17) is 5.73 Å². The highest BCUT2D eigenvalue weighted by Crippen LogP contribution is 2.26. The predicted molar refractivity (Wildman–Crippen MR) is 77.4 cm³/mol. The topological polar surface area (TPSA) is 145 Å². The van der Waals surface area contributed by atoms with Crippen molar-refractivity contribution in [2.75, 3.05) is 15.8 Å².